The fraction of sp³-hybridized carbons (Fsp3) is 0.333. The molecule has 0 saturated heterocycles. The van der Waals surface area contributed by atoms with Crippen LogP contribution in [-0.4, -0.2) is 11.5 Å². The van der Waals surface area contributed by atoms with E-state index in [-0.39, 0.29) is 10.7 Å². The standard InChI is InChI=1S/C12H15ClN2O2/c1-2-3-4-7-14-9-10-5-6-11(13)12(8-10)15(16)17/h2-3,5-6,8,14H,4,7,9H2,1H3/b3-2+. The lowest BCUT2D eigenvalue weighted by atomic mass is 10.2. The zero-order valence-electron chi connectivity index (χ0n) is 9.65. The number of hydrogen-bond donors (Lipinski definition) is 1. The zero-order valence-corrected chi connectivity index (χ0v) is 10.4. The highest BCUT2D eigenvalue weighted by Gasteiger charge is 2.12. The highest BCUT2D eigenvalue weighted by molar-refractivity contribution is 6.32. The number of nitro groups is 1. The van der Waals surface area contributed by atoms with Crippen molar-refractivity contribution in [3.8, 4) is 0 Å². The van der Waals surface area contributed by atoms with Gasteiger partial charge in [0.05, 0.1) is 4.92 Å². The molecule has 0 radical (unpaired) electrons. The summed E-state index contributed by atoms with van der Waals surface area (Å²) in [5, 5.41) is 14.1. The largest absolute Gasteiger partial charge is 0.312 e. The van der Waals surface area contributed by atoms with Gasteiger partial charge in [-0.3, -0.25) is 10.1 Å². The minimum atomic E-state index is -0.467. The lowest BCUT2D eigenvalue weighted by Crippen LogP contribution is -2.14. The smallest absolute Gasteiger partial charge is 0.288 e. The fourth-order valence-corrected chi connectivity index (χ4v) is 1.58. The molecule has 0 aliphatic rings. The summed E-state index contributed by atoms with van der Waals surface area (Å²) in [6, 6.07) is 4.85. The second-order valence-corrected chi connectivity index (χ2v) is 3.98. The van der Waals surface area contributed by atoms with Crippen LogP contribution in [0.5, 0.6) is 0 Å². The number of halogens is 1. The lowest BCUT2D eigenvalue weighted by Gasteiger charge is -2.04. The van der Waals surface area contributed by atoms with Crippen molar-refractivity contribution in [2.75, 3.05) is 6.54 Å². The van der Waals surface area contributed by atoms with Crippen molar-refractivity contribution in [2.24, 2.45) is 0 Å². The van der Waals surface area contributed by atoms with Crippen molar-refractivity contribution in [3.63, 3.8) is 0 Å². The van der Waals surface area contributed by atoms with E-state index in [1.54, 1.807) is 12.1 Å². The van der Waals surface area contributed by atoms with Crippen molar-refractivity contribution in [1.82, 2.24) is 5.32 Å². The molecule has 1 aromatic carbocycles. The minimum Gasteiger partial charge on any atom is -0.312 e. The maximum absolute atomic E-state index is 10.7. The SMILES string of the molecule is C/C=C/CCNCc1ccc(Cl)c([N+](=O)[O-])c1. The van der Waals surface area contributed by atoms with E-state index in [2.05, 4.69) is 11.4 Å². The maximum Gasteiger partial charge on any atom is 0.288 e. The summed E-state index contributed by atoms with van der Waals surface area (Å²) in [5.41, 5.74) is 0.820. The quantitative estimate of drug-likeness (QED) is 0.367. The molecule has 0 aliphatic carbocycles. The summed E-state index contributed by atoms with van der Waals surface area (Å²) in [7, 11) is 0. The third-order valence-electron chi connectivity index (χ3n) is 2.26. The first kappa shape index (κ1) is 13.7. The molecule has 0 spiro atoms. The molecule has 0 aromatic heterocycles. The highest BCUT2D eigenvalue weighted by Crippen LogP contribution is 2.24. The average Bonchev–Trinajstić information content (AvgIpc) is 2.30. The van der Waals surface area contributed by atoms with E-state index in [0.29, 0.717) is 6.54 Å². The molecule has 0 unspecified atom stereocenters. The van der Waals surface area contributed by atoms with Crippen LogP contribution in [0.25, 0.3) is 0 Å². The molecule has 17 heavy (non-hydrogen) atoms. The van der Waals surface area contributed by atoms with Gasteiger partial charge in [0, 0.05) is 12.6 Å². The minimum absolute atomic E-state index is 0.0422. The van der Waals surface area contributed by atoms with Crippen molar-refractivity contribution < 1.29 is 4.92 Å². The molecule has 92 valence electrons. The zero-order chi connectivity index (χ0) is 12.7. The second kappa shape index (κ2) is 7.04. The van der Waals surface area contributed by atoms with E-state index in [9.17, 15) is 10.1 Å². The van der Waals surface area contributed by atoms with Crippen LogP contribution in [0.3, 0.4) is 0 Å². The Labute approximate surface area is 105 Å². The van der Waals surface area contributed by atoms with Gasteiger partial charge in [0.15, 0.2) is 0 Å². The molecule has 0 fully saturated rings. The Morgan fingerprint density at radius 1 is 1.53 bits per heavy atom. The molecule has 1 N–H and O–H groups in total. The van der Waals surface area contributed by atoms with Gasteiger partial charge < -0.3 is 5.32 Å². The summed E-state index contributed by atoms with van der Waals surface area (Å²) >= 11 is 5.72. The Kier molecular flexibility index (Phi) is 5.66. The van der Waals surface area contributed by atoms with Gasteiger partial charge in [-0.1, -0.05) is 29.8 Å². The van der Waals surface area contributed by atoms with Crippen molar-refractivity contribution in [2.45, 2.75) is 19.9 Å². The normalized spacial score (nSPS) is 10.9. The first-order valence-electron chi connectivity index (χ1n) is 5.40. The fourth-order valence-electron chi connectivity index (χ4n) is 1.39. The molecule has 0 heterocycles. The number of nitro benzene ring substituents is 1. The first-order valence-corrected chi connectivity index (χ1v) is 5.77. The summed E-state index contributed by atoms with van der Waals surface area (Å²) in [5.74, 6) is 0. The van der Waals surface area contributed by atoms with Gasteiger partial charge in [-0.05, 0) is 31.5 Å². The number of nitrogens with one attached hydrogen (secondary N) is 1. The van der Waals surface area contributed by atoms with Gasteiger partial charge in [0.2, 0.25) is 0 Å². The summed E-state index contributed by atoms with van der Waals surface area (Å²) in [6.07, 6.45) is 5.01. The van der Waals surface area contributed by atoms with Crippen LogP contribution in [0.1, 0.15) is 18.9 Å². The molecule has 0 aliphatic heterocycles. The monoisotopic (exact) mass is 254 g/mol. The summed E-state index contributed by atoms with van der Waals surface area (Å²) in [6.45, 7) is 3.43. The van der Waals surface area contributed by atoms with Gasteiger partial charge in [-0.15, -0.1) is 0 Å². The molecular weight excluding hydrogens is 240 g/mol. The third-order valence-corrected chi connectivity index (χ3v) is 2.58. The van der Waals surface area contributed by atoms with Crippen molar-refractivity contribution >= 4 is 17.3 Å². The van der Waals surface area contributed by atoms with E-state index in [0.717, 1.165) is 18.5 Å². The topological polar surface area (TPSA) is 55.2 Å². The number of nitrogens with zero attached hydrogens (tertiary/aromatic N) is 1. The Morgan fingerprint density at radius 3 is 2.94 bits per heavy atom. The molecule has 1 aromatic rings. The van der Waals surface area contributed by atoms with Gasteiger partial charge >= 0.3 is 0 Å². The Balaban J connectivity index is 2.54. The van der Waals surface area contributed by atoms with Crippen LogP contribution in [0.4, 0.5) is 5.69 Å². The van der Waals surface area contributed by atoms with Gasteiger partial charge in [-0.2, -0.15) is 0 Å². The molecule has 0 bridgehead atoms. The van der Waals surface area contributed by atoms with Gasteiger partial charge in [0.25, 0.3) is 5.69 Å². The predicted molar refractivity (Wildman–Crippen MR) is 69.2 cm³/mol. The molecule has 0 amide bonds. The number of allylic oxidation sites excluding steroid dienone is 1. The molecule has 0 saturated carbocycles. The summed E-state index contributed by atoms with van der Waals surface area (Å²) in [4.78, 5) is 10.2. The van der Waals surface area contributed by atoms with Crippen LogP contribution in [0.15, 0.2) is 30.4 Å². The van der Waals surface area contributed by atoms with Crippen LogP contribution in [-0.2, 0) is 6.54 Å². The molecule has 5 heteroatoms. The van der Waals surface area contributed by atoms with E-state index < -0.39 is 4.92 Å². The van der Waals surface area contributed by atoms with E-state index >= 15 is 0 Å². The highest BCUT2D eigenvalue weighted by atomic mass is 35.5. The number of rotatable bonds is 6. The third kappa shape index (κ3) is 4.54. The van der Waals surface area contributed by atoms with Gasteiger partial charge in [0.1, 0.15) is 5.02 Å². The van der Waals surface area contributed by atoms with Crippen LogP contribution in [0.2, 0.25) is 5.02 Å². The molecule has 0 atom stereocenters. The second-order valence-electron chi connectivity index (χ2n) is 3.58. The van der Waals surface area contributed by atoms with Crippen LogP contribution < -0.4 is 5.32 Å². The average molecular weight is 255 g/mol. The van der Waals surface area contributed by atoms with Crippen LogP contribution >= 0.6 is 11.6 Å². The van der Waals surface area contributed by atoms with Crippen LogP contribution in [0, 0.1) is 10.1 Å². The first-order chi connectivity index (χ1) is 8.15. The van der Waals surface area contributed by atoms with Gasteiger partial charge in [-0.25, -0.2) is 0 Å². The lowest BCUT2D eigenvalue weighted by molar-refractivity contribution is -0.384. The van der Waals surface area contributed by atoms with E-state index in [4.69, 9.17) is 11.6 Å². The summed E-state index contributed by atoms with van der Waals surface area (Å²) < 4.78 is 0. The van der Waals surface area contributed by atoms with E-state index in [1.807, 2.05) is 13.0 Å². The molecule has 1 rings (SSSR count). The Bertz CT molecular complexity index is 419. The predicted octanol–water partition coefficient (Wildman–Crippen LogP) is 3.30. The Morgan fingerprint density at radius 2 is 2.29 bits per heavy atom. The molecule has 4 nitrogen and oxygen atoms in total. The Hall–Kier alpha value is -1.39. The number of hydrogen-bond acceptors (Lipinski definition) is 3. The van der Waals surface area contributed by atoms with Crippen molar-refractivity contribution in [3.05, 3.63) is 51.1 Å². The molecular formula is C12H15ClN2O2. The maximum atomic E-state index is 10.7. The number of benzene rings is 1. The van der Waals surface area contributed by atoms with Crippen molar-refractivity contribution in [1.29, 1.82) is 0 Å². The van der Waals surface area contributed by atoms with E-state index in [1.165, 1.54) is 6.07 Å².